The summed E-state index contributed by atoms with van der Waals surface area (Å²) in [4.78, 5) is 39.1. The lowest BCUT2D eigenvalue weighted by Crippen LogP contribution is -2.43. The number of hydrogen-bond acceptors (Lipinski definition) is 6. The highest BCUT2D eigenvalue weighted by atomic mass is 32.2. The van der Waals surface area contributed by atoms with E-state index in [0.717, 1.165) is 17.0 Å². The van der Waals surface area contributed by atoms with Gasteiger partial charge >= 0.3 is 0 Å². The zero-order chi connectivity index (χ0) is 20.1. The third-order valence-electron chi connectivity index (χ3n) is 3.67. The molecule has 1 aliphatic rings. The highest BCUT2D eigenvalue weighted by molar-refractivity contribution is 8.26. The Morgan fingerprint density at radius 1 is 1.18 bits per heavy atom. The number of thiophene rings is 1. The summed E-state index contributed by atoms with van der Waals surface area (Å²) in [5.74, 6) is -1.76. The van der Waals surface area contributed by atoms with E-state index < -0.39 is 17.6 Å². The van der Waals surface area contributed by atoms with E-state index >= 15 is 0 Å². The van der Waals surface area contributed by atoms with Gasteiger partial charge in [-0.3, -0.25) is 30.1 Å². The fourth-order valence-corrected chi connectivity index (χ4v) is 4.30. The summed E-state index contributed by atoms with van der Waals surface area (Å²) < 4.78 is 13.2. The van der Waals surface area contributed by atoms with Gasteiger partial charge in [-0.25, -0.2) is 4.39 Å². The Bertz CT molecular complexity index is 943. The van der Waals surface area contributed by atoms with E-state index in [2.05, 4.69) is 10.9 Å². The molecule has 1 aromatic carbocycles. The van der Waals surface area contributed by atoms with Gasteiger partial charge in [0.05, 0.1) is 4.91 Å². The number of carbonyl (C=O) groups excluding carboxylic acids is 3. The second-order valence-electron chi connectivity index (χ2n) is 5.61. The van der Waals surface area contributed by atoms with E-state index in [4.69, 9.17) is 12.2 Å². The molecule has 1 saturated heterocycles. The fourth-order valence-electron chi connectivity index (χ4n) is 2.27. The number of nitrogens with zero attached hydrogens (tertiary/aromatic N) is 1. The molecule has 1 aromatic heterocycles. The average Bonchev–Trinajstić information content (AvgIpc) is 3.27. The summed E-state index contributed by atoms with van der Waals surface area (Å²) in [6.45, 7) is 0.102. The molecule has 28 heavy (non-hydrogen) atoms. The largest absolute Gasteiger partial charge is 0.292 e. The van der Waals surface area contributed by atoms with Crippen molar-refractivity contribution in [1.82, 2.24) is 15.8 Å². The van der Waals surface area contributed by atoms with Crippen molar-refractivity contribution in [3.05, 3.63) is 62.9 Å². The SMILES string of the molecule is O=C(CCN1C(=O)C(=Cc2cccs2)SC1=S)NNC(=O)c1ccc(F)cc1. The Morgan fingerprint density at radius 2 is 1.93 bits per heavy atom. The second kappa shape index (κ2) is 9.09. The van der Waals surface area contributed by atoms with Crippen molar-refractivity contribution in [2.45, 2.75) is 6.42 Å². The van der Waals surface area contributed by atoms with Crippen molar-refractivity contribution >= 4 is 63.4 Å². The van der Waals surface area contributed by atoms with Gasteiger partial charge < -0.3 is 0 Å². The first-order valence-electron chi connectivity index (χ1n) is 8.07. The van der Waals surface area contributed by atoms with Crippen LogP contribution in [0.5, 0.6) is 0 Å². The van der Waals surface area contributed by atoms with Crippen LogP contribution < -0.4 is 10.9 Å². The van der Waals surface area contributed by atoms with Gasteiger partial charge in [-0.15, -0.1) is 11.3 Å². The molecule has 6 nitrogen and oxygen atoms in total. The standard InChI is InChI=1S/C18H14FN3O3S3/c19-12-5-3-11(4-6-12)16(24)21-20-15(23)7-8-22-17(25)14(28-18(22)26)10-13-2-1-9-27-13/h1-6,9-10H,7-8H2,(H,20,23)(H,21,24). The van der Waals surface area contributed by atoms with Crippen LogP contribution >= 0.6 is 35.3 Å². The molecule has 144 valence electrons. The first kappa shape index (κ1) is 20.2. The maximum absolute atomic E-state index is 12.9. The molecule has 0 atom stereocenters. The molecule has 1 fully saturated rings. The van der Waals surface area contributed by atoms with Crippen LogP contribution in [-0.2, 0) is 9.59 Å². The molecule has 0 aliphatic carbocycles. The third kappa shape index (κ3) is 5.03. The van der Waals surface area contributed by atoms with Crippen LogP contribution in [0, 0.1) is 5.82 Å². The molecule has 2 N–H and O–H groups in total. The number of carbonyl (C=O) groups is 3. The normalized spacial score (nSPS) is 15.2. The topological polar surface area (TPSA) is 78.5 Å². The Morgan fingerprint density at radius 3 is 2.61 bits per heavy atom. The summed E-state index contributed by atoms with van der Waals surface area (Å²) in [5, 5.41) is 1.91. The van der Waals surface area contributed by atoms with Crippen LogP contribution in [0.15, 0.2) is 46.7 Å². The molecule has 0 radical (unpaired) electrons. The number of amides is 3. The molecule has 2 aromatic rings. The van der Waals surface area contributed by atoms with E-state index in [-0.39, 0.29) is 24.4 Å². The number of thiocarbonyl (C=S) groups is 1. The third-order valence-corrected chi connectivity index (χ3v) is 5.87. The van der Waals surface area contributed by atoms with Crippen molar-refractivity contribution in [2.24, 2.45) is 0 Å². The van der Waals surface area contributed by atoms with Gasteiger partial charge in [0.1, 0.15) is 10.1 Å². The van der Waals surface area contributed by atoms with Crippen molar-refractivity contribution in [3.8, 4) is 0 Å². The maximum atomic E-state index is 12.9. The van der Waals surface area contributed by atoms with Gasteiger partial charge in [-0.1, -0.05) is 30.0 Å². The van der Waals surface area contributed by atoms with Gasteiger partial charge in [0, 0.05) is 23.4 Å². The zero-order valence-electron chi connectivity index (χ0n) is 14.3. The maximum Gasteiger partial charge on any atom is 0.269 e. The molecule has 0 saturated carbocycles. The highest BCUT2D eigenvalue weighted by Crippen LogP contribution is 2.33. The van der Waals surface area contributed by atoms with Crippen LogP contribution in [0.4, 0.5) is 4.39 Å². The van der Waals surface area contributed by atoms with E-state index in [0.29, 0.717) is 9.23 Å². The van der Waals surface area contributed by atoms with Crippen LogP contribution in [0.25, 0.3) is 6.08 Å². The Hall–Kier alpha value is -2.56. The van der Waals surface area contributed by atoms with Gasteiger partial charge in [-0.05, 0) is 41.8 Å². The molecule has 0 unspecified atom stereocenters. The Labute approximate surface area is 173 Å². The number of nitrogens with one attached hydrogen (secondary N) is 2. The molecule has 2 heterocycles. The molecular weight excluding hydrogens is 421 g/mol. The van der Waals surface area contributed by atoms with Crippen LogP contribution in [-0.4, -0.2) is 33.5 Å². The minimum absolute atomic E-state index is 0.0393. The smallest absolute Gasteiger partial charge is 0.269 e. The number of hydrogen-bond donors (Lipinski definition) is 2. The lowest BCUT2D eigenvalue weighted by Gasteiger charge is -2.14. The number of rotatable bonds is 5. The molecule has 0 bridgehead atoms. The summed E-state index contributed by atoms with van der Waals surface area (Å²) >= 11 is 7.93. The van der Waals surface area contributed by atoms with Gasteiger partial charge in [0.2, 0.25) is 5.91 Å². The predicted octanol–water partition coefficient (Wildman–Crippen LogP) is 2.94. The van der Waals surface area contributed by atoms with Gasteiger partial charge in [0.25, 0.3) is 11.8 Å². The highest BCUT2D eigenvalue weighted by Gasteiger charge is 2.32. The summed E-state index contributed by atoms with van der Waals surface area (Å²) in [7, 11) is 0. The Balaban J connectivity index is 1.49. The van der Waals surface area contributed by atoms with Crippen molar-refractivity contribution < 1.29 is 18.8 Å². The predicted molar refractivity (Wildman–Crippen MR) is 111 cm³/mol. The monoisotopic (exact) mass is 435 g/mol. The summed E-state index contributed by atoms with van der Waals surface area (Å²) in [6.07, 6.45) is 1.73. The van der Waals surface area contributed by atoms with Crippen LogP contribution in [0.3, 0.4) is 0 Å². The van der Waals surface area contributed by atoms with Crippen molar-refractivity contribution in [2.75, 3.05) is 6.54 Å². The second-order valence-corrected chi connectivity index (χ2v) is 8.26. The number of thioether (sulfide) groups is 1. The van der Waals surface area contributed by atoms with Crippen LogP contribution in [0.2, 0.25) is 0 Å². The minimum atomic E-state index is -0.571. The van der Waals surface area contributed by atoms with Crippen LogP contribution in [0.1, 0.15) is 21.7 Å². The molecule has 0 spiro atoms. The zero-order valence-corrected chi connectivity index (χ0v) is 16.8. The van der Waals surface area contributed by atoms with E-state index in [9.17, 15) is 18.8 Å². The first-order valence-corrected chi connectivity index (χ1v) is 10.2. The molecule has 3 rings (SSSR count). The van der Waals surface area contributed by atoms with Gasteiger partial charge in [0.15, 0.2) is 0 Å². The number of halogens is 1. The lowest BCUT2D eigenvalue weighted by molar-refractivity contribution is -0.124. The van der Waals surface area contributed by atoms with E-state index in [1.165, 1.54) is 40.1 Å². The molecular formula is C18H14FN3O3S3. The average molecular weight is 436 g/mol. The number of benzene rings is 1. The molecule has 1 aliphatic heterocycles. The lowest BCUT2D eigenvalue weighted by atomic mass is 10.2. The summed E-state index contributed by atoms with van der Waals surface area (Å²) in [6, 6.07) is 8.69. The minimum Gasteiger partial charge on any atom is -0.292 e. The van der Waals surface area contributed by atoms with Crippen molar-refractivity contribution in [1.29, 1.82) is 0 Å². The van der Waals surface area contributed by atoms with E-state index in [1.807, 2.05) is 17.5 Å². The summed E-state index contributed by atoms with van der Waals surface area (Å²) in [5.41, 5.74) is 4.71. The molecule has 3 amide bonds. The molecule has 10 heteroatoms. The number of hydrazine groups is 1. The van der Waals surface area contributed by atoms with E-state index in [1.54, 1.807) is 6.08 Å². The Kier molecular flexibility index (Phi) is 6.55. The first-order chi connectivity index (χ1) is 13.4. The fraction of sp³-hybridized carbons (Fsp3) is 0.111. The quantitative estimate of drug-likeness (QED) is 0.429. The van der Waals surface area contributed by atoms with Crippen molar-refractivity contribution in [3.63, 3.8) is 0 Å². The van der Waals surface area contributed by atoms with Gasteiger partial charge in [-0.2, -0.15) is 0 Å².